The molecule has 2 rings (SSSR count). The number of unbranched alkanes of at least 4 members (excludes halogenated alkanes) is 2. The summed E-state index contributed by atoms with van der Waals surface area (Å²) in [6.45, 7) is 5.17. The number of benzene rings is 2. The third kappa shape index (κ3) is 7.72. The van der Waals surface area contributed by atoms with Gasteiger partial charge >= 0.3 is 5.97 Å². The van der Waals surface area contributed by atoms with Gasteiger partial charge in [-0.15, -0.1) is 0 Å². The van der Waals surface area contributed by atoms with Crippen molar-refractivity contribution in [3.05, 3.63) is 48.0 Å². The minimum Gasteiger partial charge on any atom is -0.755 e. The quantitative estimate of drug-likeness (QED) is 0.270. The molecule has 2 aromatic carbocycles. The Labute approximate surface area is 179 Å². The number of hydrogen-bond donors (Lipinski definition) is 2. The lowest BCUT2D eigenvalue weighted by Gasteiger charge is -2.19. The highest BCUT2D eigenvalue weighted by Gasteiger charge is 2.17. The Hall–Kier alpha value is -2.03. The van der Waals surface area contributed by atoms with Crippen molar-refractivity contribution in [3.63, 3.8) is 0 Å². The minimum absolute atomic E-state index is 0.311. The van der Waals surface area contributed by atoms with Gasteiger partial charge in [-0.3, -0.25) is 4.21 Å². The summed E-state index contributed by atoms with van der Waals surface area (Å²) in [5, 5.41) is 3.34. The maximum Gasteiger partial charge on any atom is 0.338 e. The van der Waals surface area contributed by atoms with Gasteiger partial charge < -0.3 is 19.3 Å². The molecule has 0 saturated heterocycles. The minimum atomic E-state index is -2.52. The zero-order chi connectivity index (χ0) is 21.1. The lowest BCUT2D eigenvalue weighted by atomic mass is 10.1. The molecular weight excluding hydrogens is 408 g/mol. The van der Waals surface area contributed by atoms with Crippen molar-refractivity contribution in [2.24, 2.45) is 0 Å². The van der Waals surface area contributed by atoms with Crippen LogP contribution in [0.1, 0.15) is 49.9 Å². The molecule has 0 spiro atoms. The predicted octanol–water partition coefficient (Wildman–Crippen LogP) is 5.21. The van der Waals surface area contributed by atoms with E-state index >= 15 is 0 Å². The van der Waals surface area contributed by atoms with Crippen molar-refractivity contribution >= 4 is 40.4 Å². The molecule has 0 radical (unpaired) electrons. The summed E-state index contributed by atoms with van der Waals surface area (Å²) in [7, 11) is 0. The molecular formula is C21H27N2O4S2-. The van der Waals surface area contributed by atoms with E-state index in [0.717, 1.165) is 30.6 Å². The van der Waals surface area contributed by atoms with Gasteiger partial charge in [0.05, 0.1) is 28.4 Å². The second kappa shape index (κ2) is 12.5. The number of esters is 1. The van der Waals surface area contributed by atoms with Crippen molar-refractivity contribution in [1.29, 1.82) is 0 Å². The maximum absolute atomic E-state index is 12.5. The second-order valence-electron chi connectivity index (χ2n) is 6.42. The molecule has 0 aliphatic carbocycles. The molecule has 158 valence electrons. The first-order chi connectivity index (χ1) is 14.0. The molecule has 1 atom stereocenters. The van der Waals surface area contributed by atoms with Crippen molar-refractivity contribution < 1.29 is 18.3 Å². The first kappa shape index (κ1) is 23.3. The van der Waals surface area contributed by atoms with Gasteiger partial charge in [0, 0.05) is 22.7 Å². The number of anilines is 2. The largest absolute Gasteiger partial charge is 0.755 e. The number of ether oxygens (including phenoxy) is 1. The Morgan fingerprint density at radius 2 is 1.79 bits per heavy atom. The normalized spacial score (nSPS) is 11.7. The van der Waals surface area contributed by atoms with Crippen LogP contribution < -0.4 is 10.0 Å². The van der Waals surface area contributed by atoms with E-state index in [1.807, 2.05) is 37.3 Å². The zero-order valence-electron chi connectivity index (χ0n) is 16.7. The van der Waals surface area contributed by atoms with Gasteiger partial charge in [-0.05, 0) is 37.1 Å². The Kier molecular flexibility index (Phi) is 10.0. The third-order valence-electron chi connectivity index (χ3n) is 4.06. The van der Waals surface area contributed by atoms with Gasteiger partial charge in [-0.1, -0.05) is 56.7 Å². The number of rotatable bonds is 12. The lowest BCUT2D eigenvalue weighted by Crippen LogP contribution is -2.12. The first-order valence-corrected chi connectivity index (χ1v) is 11.6. The fourth-order valence-corrected chi connectivity index (χ4v) is 3.95. The smallest absolute Gasteiger partial charge is 0.338 e. The molecule has 0 aromatic heterocycles. The summed E-state index contributed by atoms with van der Waals surface area (Å²) < 4.78 is 30.5. The summed E-state index contributed by atoms with van der Waals surface area (Å²) >= 11 is -1.09. The van der Waals surface area contributed by atoms with Gasteiger partial charge in [-0.2, -0.15) is 0 Å². The van der Waals surface area contributed by atoms with E-state index in [2.05, 4.69) is 17.0 Å². The predicted molar refractivity (Wildman–Crippen MR) is 118 cm³/mol. The summed E-state index contributed by atoms with van der Waals surface area (Å²) in [6, 6.07) is 12.9. The number of carbonyl (C=O) groups is 1. The van der Waals surface area contributed by atoms with Crippen LogP contribution in [-0.2, 0) is 16.0 Å². The van der Waals surface area contributed by atoms with Crippen LogP contribution in [-0.4, -0.2) is 27.9 Å². The molecule has 29 heavy (non-hydrogen) atoms. The number of hydrogen-bond acceptors (Lipinski definition) is 6. The summed E-state index contributed by atoms with van der Waals surface area (Å²) in [6.07, 6.45) is 3.68. The number of nitrogens with one attached hydrogen (secondary N) is 2. The topological polar surface area (TPSA) is 90.5 Å². The van der Waals surface area contributed by atoms with E-state index in [4.69, 9.17) is 4.74 Å². The molecule has 8 heteroatoms. The summed E-state index contributed by atoms with van der Waals surface area (Å²) in [5.41, 5.74) is 1.35. The van der Waals surface area contributed by atoms with Gasteiger partial charge in [0.2, 0.25) is 0 Å². The lowest BCUT2D eigenvalue weighted by molar-refractivity contribution is 0.0499. The number of carbonyl (C=O) groups excluding carboxylic acids is 1. The van der Waals surface area contributed by atoms with Crippen LogP contribution in [0, 0.1) is 0 Å². The Morgan fingerprint density at radius 3 is 2.45 bits per heavy atom. The molecule has 0 aliphatic rings. The molecule has 1 unspecified atom stereocenters. The second-order valence-corrected chi connectivity index (χ2v) is 8.18. The van der Waals surface area contributed by atoms with E-state index in [1.54, 1.807) is 6.07 Å². The summed E-state index contributed by atoms with van der Waals surface area (Å²) in [4.78, 5) is 14.1. The Bertz CT molecular complexity index is 816. The average Bonchev–Trinajstić information content (AvgIpc) is 2.70. The van der Waals surface area contributed by atoms with E-state index in [9.17, 15) is 13.6 Å². The maximum atomic E-state index is 12.5. The molecule has 0 amide bonds. The van der Waals surface area contributed by atoms with E-state index in [0.29, 0.717) is 35.0 Å². The highest BCUT2D eigenvalue weighted by molar-refractivity contribution is 7.99. The van der Waals surface area contributed by atoms with Crippen LogP contribution in [0.5, 0.6) is 0 Å². The molecule has 0 heterocycles. The van der Waals surface area contributed by atoms with E-state index in [1.165, 1.54) is 17.8 Å². The van der Waals surface area contributed by atoms with Crippen molar-refractivity contribution in [1.82, 2.24) is 0 Å². The summed E-state index contributed by atoms with van der Waals surface area (Å²) in [5.74, 6) is -0.465. The van der Waals surface area contributed by atoms with Crippen molar-refractivity contribution in [3.8, 4) is 0 Å². The monoisotopic (exact) mass is 435 g/mol. The van der Waals surface area contributed by atoms with E-state index in [-0.39, 0.29) is 0 Å². The van der Waals surface area contributed by atoms with E-state index < -0.39 is 17.2 Å². The molecule has 0 saturated carbocycles. The van der Waals surface area contributed by atoms with Crippen LogP contribution >= 0.6 is 11.8 Å². The van der Waals surface area contributed by atoms with Crippen molar-refractivity contribution in [2.75, 3.05) is 23.2 Å². The highest BCUT2D eigenvalue weighted by Crippen LogP contribution is 2.40. The molecule has 2 aromatic rings. The molecule has 0 fully saturated rings. The Balaban J connectivity index is 2.42. The molecule has 0 bridgehead atoms. The van der Waals surface area contributed by atoms with Crippen LogP contribution in [0.15, 0.2) is 52.3 Å². The Morgan fingerprint density at radius 1 is 1.10 bits per heavy atom. The highest BCUT2D eigenvalue weighted by atomic mass is 32.2. The van der Waals surface area contributed by atoms with Crippen LogP contribution in [0.25, 0.3) is 0 Å². The van der Waals surface area contributed by atoms with Crippen LogP contribution in [0.4, 0.5) is 11.4 Å². The van der Waals surface area contributed by atoms with Crippen LogP contribution in [0.3, 0.4) is 0 Å². The molecule has 2 N–H and O–H groups in total. The van der Waals surface area contributed by atoms with Crippen molar-refractivity contribution in [2.45, 2.75) is 49.3 Å². The third-order valence-corrected chi connectivity index (χ3v) is 5.60. The molecule has 0 aliphatic heterocycles. The SMILES string of the molecule is CCCCNc1cc(C(=O)OCCCC)cc(NS(=O)[O-])c1Sc1ccccc1. The molecule has 6 nitrogen and oxygen atoms in total. The van der Waals surface area contributed by atoms with Crippen LogP contribution in [0.2, 0.25) is 0 Å². The van der Waals surface area contributed by atoms with Gasteiger partial charge in [0.15, 0.2) is 0 Å². The fraction of sp³-hybridized carbons (Fsp3) is 0.381. The van der Waals surface area contributed by atoms with Gasteiger partial charge in [-0.25, -0.2) is 4.79 Å². The average molecular weight is 436 g/mol. The van der Waals surface area contributed by atoms with Gasteiger partial charge in [0.1, 0.15) is 0 Å². The fourth-order valence-electron chi connectivity index (χ4n) is 2.55. The van der Waals surface area contributed by atoms with Gasteiger partial charge in [0.25, 0.3) is 0 Å². The zero-order valence-corrected chi connectivity index (χ0v) is 18.4. The standard InChI is InChI=1S/C21H28N2O4S2/c1-3-5-12-22-18-14-16(21(24)27-13-6-4-2)15-19(23-29(25)26)20(18)28-17-10-8-7-9-11-17/h7-11,14-15,22-23H,3-6,12-13H2,1-2H3,(H,25,26)/p-1. The first-order valence-electron chi connectivity index (χ1n) is 9.73.